The lowest BCUT2D eigenvalue weighted by molar-refractivity contribution is 0.593. The van der Waals surface area contributed by atoms with Crippen molar-refractivity contribution in [2.75, 3.05) is 9.80 Å². The van der Waals surface area contributed by atoms with Crippen LogP contribution in [0.4, 0.5) is 34.1 Å². The molecule has 2 aliphatic heterocycles. The van der Waals surface area contributed by atoms with E-state index in [4.69, 9.17) is 0 Å². The fraction of sp³-hybridized carbons (Fsp3) is 0.0816. The molecule has 0 unspecified atom stereocenters. The van der Waals surface area contributed by atoms with Crippen molar-refractivity contribution in [1.29, 1.82) is 0 Å². The van der Waals surface area contributed by atoms with E-state index < -0.39 is 0 Å². The molecule has 0 aliphatic carbocycles. The van der Waals surface area contributed by atoms with Crippen LogP contribution >= 0.6 is 0 Å². The third kappa shape index (κ3) is 10.2. The summed E-state index contributed by atoms with van der Waals surface area (Å²) >= 11 is 0. The number of hydrogen-bond acceptors (Lipinski definition) is 2. The highest BCUT2D eigenvalue weighted by Crippen LogP contribution is 2.51. The van der Waals surface area contributed by atoms with Crippen LogP contribution in [-0.4, -0.2) is 15.8 Å². The monoisotopic (exact) mass is 1320 g/mol. The molecule has 17 aromatic rings. The molecule has 2 aromatic heterocycles. The number of anilines is 6. The Morgan fingerprint density at radius 1 is 0.233 bits per heavy atom. The van der Waals surface area contributed by atoms with Crippen LogP contribution < -0.4 is 26.2 Å². The summed E-state index contributed by atoms with van der Waals surface area (Å²) in [6.45, 7) is 13.9. The molecule has 103 heavy (non-hydrogen) atoms. The number of para-hydroxylation sites is 6. The van der Waals surface area contributed by atoms with E-state index in [1.165, 1.54) is 93.4 Å². The predicted molar refractivity (Wildman–Crippen MR) is 439 cm³/mol. The minimum atomic E-state index is -0.199. The molecule has 0 spiro atoms. The molecular weight excluding hydrogens is 1240 g/mol. The lowest BCUT2D eigenvalue weighted by Gasteiger charge is -2.45. The van der Waals surface area contributed by atoms with Gasteiger partial charge in [-0.2, -0.15) is 0 Å². The van der Waals surface area contributed by atoms with Crippen LogP contribution in [0.3, 0.4) is 0 Å². The summed E-state index contributed by atoms with van der Waals surface area (Å²) in [6.07, 6.45) is 0. The van der Waals surface area contributed by atoms with Crippen LogP contribution in [0.2, 0.25) is 0 Å². The smallest absolute Gasteiger partial charge is 0.252 e. The number of benzene rings is 15. The van der Waals surface area contributed by atoms with Crippen molar-refractivity contribution in [2.45, 2.75) is 52.4 Å². The zero-order chi connectivity index (χ0) is 69.2. The third-order valence-electron chi connectivity index (χ3n) is 21.7. The average Bonchev–Trinajstić information content (AvgIpc) is 0.949. The molecule has 15 aromatic carbocycles. The summed E-state index contributed by atoms with van der Waals surface area (Å²) in [5, 5.41) is 4.99. The van der Waals surface area contributed by atoms with Gasteiger partial charge in [0, 0.05) is 66.8 Å². The molecule has 490 valence electrons. The maximum Gasteiger partial charge on any atom is 0.252 e. The van der Waals surface area contributed by atoms with E-state index in [9.17, 15) is 0 Å². The molecule has 19 rings (SSSR count). The van der Waals surface area contributed by atoms with E-state index in [1.54, 1.807) is 0 Å². The van der Waals surface area contributed by atoms with Crippen LogP contribution in [0, 0.1) is 0 Å². The Morgan fingerprint density at radius 3 is 0.922 bits per heavy atom. The molecule has 5 heteroatoms. The summed E-state index contributed by atoms with van der Waals surface area (Å²) in [6, 6.07) is 130. The molecule has 0 radical (unpaired) electrons. The van der Waals surface area contributed by atoms with Gasteiger partial charge in [0.2, 0.25) is 0 Å². The van der Waals surface area contributed by atoms with Gasteiger partial charge in [0.05, 0.1) is 33.4 Å². The van der Waals surface area contributed by atoms with Gasteiger partial charge in [-0.3, -0.25) is 0 Å². The van der Waals surface area contributed by atoms with E-state index in [0.29, 0.717) is 0 Å². The Hall–Kier alpha value is -12.4. The summed E-state index contributed by atoms with van der Waals surface area (Å²) in [7, 11) is 0. The number of hydrogen-bond donors (Lipinski definition) is 0. The third-order valence-corrected chi connectivity index (χ3v) is 21.7. The zero-order valence-electron chi connectivity index (χ0n) is 58.8. The first kappa shape index (κ1) is 61.6. The van der Waals surface area contributed by atoms with Crippen molar-refractivity contribution in [1.82, 2.24) is 9.13 Å². The van der Waals surface area contributed by atoms with Gasteiger partial charge >= 0.3 is 0 Å². The van der Waals surface area contributed by atoms with E-state index in [2.05, 4.69) is 406 Å². The first-order valence-corrected chi connectivity index (χ1v) is 36.2. The second-order valence-corrected chi connectivity index (χ2v) is 30.0. The van der Waals surface area contributed by atoms with Crippen LogP contribution in [0.25, 0.3) is 122 Å². The zero-order valence-corrected chi connectivity index (χ0v) is 58.8. The number of nitrogens with zero attached hydrogens (tertiary/aromatic N) is 4. The normalized spacial score (nSPS) is 12.7. The SMILES string of the molecule is CC(C)(C)c1cccc2c3ccccc3n(-c3ccc4c(c3)N(c3ccccc3-c3cc(-c5ccccc5)cc(-c5ccccc5)c3)c3cccc5c3B4c3ccc(-n4c6ccccc6c6cccc(C(C)(C)C)c64)cc3N5c3ccccc3-c3cc(-c4ccccc4)cc(-c4ccccc4)c3)c12. The fourth-order valence-corrected chi connectivity index (χ4v) is 17.1. The lowest BCUT2D eigenvalue weighted by atomic mass is 9.33. The van der Waals surface area contributed by atoms with Crippen molar-refractivity contribution in [3.05, 3.63) is 357 Å². The molecule has 4 heterocycles. The number of fused-ring (bicyclic) bond motifs is 10. The van der Waals surface area contributed by atoms with Crippen molar-refractivity contribution < 1.29 is 0 Å². The Balaban J connectivity index is 0.914. The maximum absolute atomic E-state index is 2.63. The van der Waals surface area contributed by atoms with Crippen molar-refractivity contribution in [3.8, 4) is 78.1 Å². The van der Waals surface area contributed by atoms with Gasteiger partial charge in [-0.1, -0.05) is 290 Å². The van der Waals surface area contributed by atoms with Crippen LogP contribution in [-0.2, 0) is 10.8 Å². The molecule has 0 bridgehead atoms. The molecule has 2 aliphatic rings. The Labute approximate surface area is 603 Å². The Kier molecular flexibility index (Phi) is 14.5. The van der Waals surface area contributed by atoms with Gasteiger partial charge in [0.1, 0.15) is 0 Å². The Morgan fingerprint density at radius 2 is 0.544 bits per heavy atom. The van der Waals surface area contributed by atoms with Gasteiger partial charge in [0.15, 0.2) is 0 Å². The van der Waals surface area contributed by atoms with E-state index in [0.717, 1.165) is 90.0 Å². The van der Waals surface area contributed by atoms with Crippen LogP contribution in [0.1, 0.15) is 52.7 Å². The van der Waals surface area contributed by atoms with Gasteiger partial charge in [-0.15, -0.1) is 0 Å². The molecule has 0 amide bonds. The molecule has 0 atom stereocenters. The average molecular weight is 1320 g/mol. The van der Waals surface area contributed by atoms with E-state index in [1.807, 2.05) is 0 Å². The predicted octanol–water partition coefficient (Wildman–Crippen LogP) is 24.6. The number of rotatable bonds is 10. The highest BCUT2D eigenvalue weighted by Gasteiger charge is 2.45. The first-order chi connectivity index (χ1) is 50.4. The minimum Gasteiger partial charge on any atom is -0.311 e. The van der Waals surface area contributed by atoms with Gasteiger partial charge in [0.25, 0.3) is 6.71 Å². The van der Waals surface area contributed by atoms with Crippen molar-refractivity contribution in [3.63, 3.8) is 0 Å². The van der Waals surface area contributed by atoms with E-state index >= 15 is 0 Å². The van der Waals surface area contributed by atoms with Gasteiger partial charge < -0.3 is 18.9 Å². The van der Waals surface area contributed by atoms with E-state index in [-0.39, 0.29) is 17.5 Å². The standard InChI is InChI=1S/C98H75BN4/c1-97(2,3)82-44-27-42-80-78-40-21-25-48-88(78)100(95(80)82)74-52-54-84-92(62-74)102(86-46-23-19-38-76(86)72-58-68(64-30-11-7-12-31-64)56-69(59-72)65-32-13-8-14-33-65)90-50-29-51-91-94(90)99(84)85-55-53-75(101-89-49-26-22-41-79(89)81-43-28-45-83(96(81)101)98(4,5)6)63-93(85)103(91)87-47-24-20-39-77(87)73-60-70(66-34-15-9-16-35-66)57-71(61-73)67-36-17-10-18-37-67/h7-63H,1-6H3. The summed E-state index contributed by atoms with van der Waals surface area (Å²) in [4.78, 5) is 5.26. The second kappa shape index (κ2) is 24.1. The maximum atomic E-state index is 2.63. The number of aromatic nitrogens is 2. The largest absolute Gasteiger partial charge is 0.311 e. The quantitative estimate of drug-likeness (QED) is 0.127. The van der Waals surface area contributed by atoms with Crippen LogP contribution in [0.5, 0.6) is 0 Å². The molecular formula is C98H75BN4. The minimum absolute atomic E-state index is 0.148. The summed E-state index contributed by atoms with van der Waals surface area (Å²) in [5.41, 5.74) is 33.7. The van der Waals surface area contributed by atoms with Crippen molar-refractivity contribution in [2.24, 2.45) is 0 Å². The molecule has 0 saturated heterocycles. The van der Waals surface area contributed by atoms with Gasteiger partial charge in [-0.25, -0.2) is 0 Å². The molecule has 0 saturated carbocycles. The highest BCUT2D eigenvalue weighted by molar-refractivity contribution is 7.00. The molecule has 0 N–H and O–H groups in total. The van der Waals surface area contributed by atoms with Gasteiger partial charge in [-0.05, 0) is 191 Å². The first-order valence-electron chi connectivity index (χ1n) is 36.2. The molecule has 0 fully saturated rings. The fourth-order valence-electron chi connectivity index (χ4n) is 17.1. The summed E-state index contributed by atoms with van der Waals surface area (Å²) in [5.74, 6) is 0. The lowest BCUT2D eigenvalue weighted by Crippen LogP contribution is -2.61. The highest BCUT2D eigenvalue weighted by atomic mass is 15.2. The Bertz CT molecular complexity index is 5720. The van der Waals surface area contributed by atoms with Crippen molar-refractivity contribution >= 4 is 101 Å². The summed E-state index contributed by atoms with van der Waals surface area (Å²) < 4.78 is 5.12. The second-order valence-electron chi connectivity index (χ2n) is 30.0. The van der Waals surface area contributed by atoms with Crippen LogP contribution in [0.15, 0.2) is 346 Å². The topological polar surface area (TPSA) is 16.3 Å². The molecule has 4 nitrogen and oxygen atoms in total.